The minimum Gasteiger partial charge on any atom is -0.350 e. The number of halogens is 3. The molecule has 0 bridgehead atoms. The number of rotatable bonds is 10. The molecule has 40 heavy (non-hydrogen) atoms. The number of amides is 2. The van der Waals surface area contributed by atoms with Crippen LogP contribution in [0.4, 0.5) is 5.69 Å². The maximum Gasteiger partial charge on any atom is 0.244 e. The molecule has 0 heterocycles. The van der Waals surface area contributed by atoms with Gasteiger partial charge in [-0.05, 0) is 62.2 Å². The van der Waals surface area contributed by atoms with E-state index in [1.165, 1.54) is 23.1 Å². The van der Waals surface area contributed by atoms with Crippen LogP contribution in [0.5, 0.6) is 0 Å². The molecule has 214 valence electrons. The van der Waals surface area contributed by atoms with Crippen LogP contribution < -0.4 is 9.62 Å². The summed E-state index contributed by atoms with van der Waals surface area (Å²) in [4.78, 5) is 29.2. The van der Waals surface area contributed by atoms with Gasteiger partial charge in [-0.25, -0.2) is 8.42 Å². The molecule has 0 aliphatic carbocycles. The summed E-state index contributed by atoms with van der Waals surface area (Å²) in [5, 5.41) is 3.44. The van der Waals surface area contributed by atoms with Gasteiger partial charge >= 0.3 is 0 Å². The van der Waals surface area contributed by atoms with E-state index in [-0.39, 0.29) is 34.6 Å². The normalized spacial score (nSPS) is 12.5. The highest BCUT2D eigenvalue weighted by molar-refractivity contribution is 9.10. The van der Waals surface area contributed by atoms with Crippen LogP contribution in [0.25, 0.3) is 0 Å². The smallest absolute Gasteiger partial charge is 0.244 e. The lowest BCUT2D eigenvalue weighted by Crippen LogP contribution is -2.56. The first kappa shape index (κ1) is 31.9. The molecule has 0 fully saturated rings. The fraction of sp³-hybridized carbons (Fsp3) is 0.310. The van der Waals surface area contributed by atoms with Gasteiger partial charge in [-0.15, -0.1) is 0 Å². The number of carbonyl (C=O) groups is 2. The van der Waals surface area contributed by atoms with E-state index < -0.39 is 34.1 Å². The standard InChI is InChI=1S/C29H32BrCl2N3O4S/c1-29(2,3)33-28(37)26(14-20-8-6-5-7-9-20)34(18-21-10-12-22(30)13-11-21)27(36)19-35(40(4,38)39)25-16-23(31)15-24(32)17-25/h5-13,15-17,26H,14,18-19H2,1-4H3,(H,33,37)/t26-/m1/s1. The fourth-order valence-corrected chi connectivity index (χ4v) is 5.70. The van der Waals surface area contributed by atoms with Crippen molar-refractivity contribution < 1.29 is 18.0 Å². The number of anilines is 1. The summed E-state index contributed by atoms with van der Waals surface area (Å²) in [6, 6.07) is 20.1. The topological polar surface area (TPSA) is 86.8 Å². The van der Waals surface area contributed by atoms with E-state index in [9.17, 15) is 18.0 Å². The lowest BCUT2D eigenvalue weighted by Gasteiger charge is -2.35. The summed E-state index contributed by atoms with van der Waals surface area (Å²) >= 11 is 15.7. The van der Waals surface area contributed by atoms with Crippen molar-refractivity contribution in [2.75, 3.05) is 17.1 Å². The second kappa shape index (κ2) is 13.4. The van der Waals surface area contributed by atoms with Crippen LogP contribution in [0, 0.1) is 0 Å². The molecule has 0 aliphatic heterocycles. The van der Waals surface area contributed by atoms with Crippen molar-refractivity contribution in [2.24, 2.45) is 0 Å². The van der Waals surface area contributed by atoms with Gasteiger partial charge in [0, 0.05) is 33.0 Å². The summed E-state index contributed by atoms with van der Waals surface area (Å²) in [5.74, 6) is -0.909. The van der Waals surface area contributed by atoms with Crippen molar-refractivity contribution in [3.8, 4) is 0 Å². The third-order valence-corrected chi connectivity index (χ3v) is 7.96. The van der Waals surface area contributed by atoms with Crippen LogP contribution in [0.3, 0.4) is 0 Å². The number of benzene rings is 3. The Bertz CT molecular complexity index is 1430. The Kier molecular flexibility index (Phi) is 10.7. The molecule has 3 rings (SSSR count). The van der Waals surface area contributed by atoms with Crippen molar-refractivity contribution in [1.29, 1.82) is 0 Å². The molecular weight excluding hydrogens is 637 g/mol. The minimum atomic E-state index is -3.93. The molecule has 1 N–H and O–H groups in total. The second-order valence-corrected chi connectivity index (χ2v) is 14.2. The maximum atomic E-state index is 14.1. The second-order valence-electron chi connectivity index (χ2n) is 10.5. The van der Waals surface area contributed by atoms with Crippen LogP contribution in [0.1, 0.15) is 31.9 Å². The molecule has 0 aromatic heterocycles. The lowest BCUT2D eigenvalue weighted by molar-refractivity contribution is -0.140. The van der Waals surface area contributed by atoms with Crippen LogP contribution >= 0.6 is 39.1 Å². The van der Waals surface area contributed by atoms with E-state index in [1.807, 2.05) is 75.4 Å². The van der Waals surface area contributed by atoms with E-state index in [1.54, 1.807) is 0 Å². The predicted molar refractivity (Wildman–Crippen MR) is 165 cm³/mol. The van der Waals surface area contributed by atoms with Gasteiger partial charge in [0.25, 0.3) is 0 Å². The number of nitrogens with one attached hydrogen (secondary N) is 1. The van der Waals surface area contributed by atoms with Crippen molar-refractivity contribution >= 4 is 66.7 Å². The molecule has 0 aliphatic rings. The van der Waals surface area contributed by atoms with Gasteiger partial charge in [0.15, 0.2) is 0 Å². The number of carbonyl (C=O) groups excluding carboxylic acids is 2. The predicted octanol–water partition coefficient (Wildman–Crippen LogP) is 6.08. The minimum absolute atomic E-state index is 0.0785. The molecule has 0 saturated heterocycles. The zero-order valence-electron chi connectivity index (χ0n) is 22.7. The van der Waals surface area contributed by atoms with E-state index in [2.05, 4.69) is 21.2 Å². The highest BCUT2D eigenvalue weighted by Gasteiger charge is 2.34. The molecule has 0 radical (unpaired) electrons. The Balaban J connectivity index is 2.08. The van der Waals surface area contributed by atoms with Gasteiger partial charge in [0.2, 0.25) is 21.8 Å². The summed E-state index contributed by atoms with van der Waals surface area (Å²) in [6.07, 6.45) is 1.23. The third kappa shape index (κ3) is 9.51. The monoisotopic (exact) mass is 667 g/mol. The summed E-state index contributed by atoms with van der Waals surface area (Å²) in [6.45, 7) is 5.11. The van der Waals surface area contributed by atoms with Crippen molar-refractivity contribution in [3.63, 3.8) is 0 Å². The molecule has 11 heteroatoms. The Labute approximate surface area is 254 Å². The zero-order valence-corrected chi connectivity index (χ0v) is 26.6. The van der Waals surface area contributed by atoms with Gasteiger partial charge in [-0.1, -0.05) is 81.6 Å². The van der Waals surface area contributed by atoms with Gasteiger partial charge < -0.3 is 10.2 Å². The Morgan fingerprint density at radius 2 is 1.50 bits per heavy atom. The molecule has 0 saturated carbocycles. The summed E-state index contributed by atoms with van der Waals surface area (Å²) < 4.78 is 27.6. The maximum absolute atomic E-state index is 14.1. The van der Waals surface area contributed by atoms with E-state index >= 15 is 0 Å². The SMILES string of the molecule is CC(C)(C)NC(=O)[C@@H](Cc1ccccc1)N(Cc1ccc(Br)cc1)C(=O)CN(c1cc(Cl)cc(Cl)c1)S(C)(=O)=O. The highest BCUT2D eigenvalue weighted by atomic mass is 79.9. The van der Waals surface area contributed by atoms with Gasteiger partial charge in [-0.3, -0.25) is 13.9 Å². The van der Waals surface area contributed by atoms with Crippen LogP contribution in [0.2, 0.25) is 10.0 Å². The van der Waals surface area contributed by atoms with Crippen molar-refractivity contribution in [2.45, 2.75) is 45.3 Å². The first-order chi connectivity index (χ1) is 18.6. The summed E-state index contributed by atoms with van der Waals surface area (Å²) in [5.41, 5.74) is 1.21. The van der Waals surface area contributed by atoms with Crippen LogP contribution in [0.15, 0.2) is 77.3 Å². The number of nitrogens with zero attached hydrogens (tertiary/aromatic N) is 2. The van der Waals surface area contributed by atoms with E-state index in [0.717, 1.165) is 26.2 Å². The third-order valence-electron chi connectivity index (χ3n) is 5.85. The van der Waals surface area contributed by atoms with E-state index in [4.69, 9.17) is 23.2 Å². The fourth-order valence-electron chi connectivity index (χ4n) is 4.09. The molecular formula is C29H32BrCl2N3O4S. The lowest BCUT2D eigenvalue weighted by atomic mass is 10.0. The van der Waals surface area contributed by atoms with Crippen LogP contribution in [-0.4, -0.2) is 49.5 Å². The van der Waals surface area contributed by atoms with E-state index in [0.29, 0.717) is 0 Å². The van der Waals surface area contributed by atoms with Gasteiger partial charge in [0.05, 0.1) is 11.9 Å². The average molecular weight is 669 g/mol. The van der Waals surface area contributed by atoms with Crippen molar-refractivity contribution in [1.82, 2.24) is 10.2 Å². The number of hydrogen-bond donors (Lipinski definition) is 1. The summed E-state index contributed by atoms with van der Waals surface area (Å²) in [7, 11) is -3.93. The largest absolute Gasteiger partial charge is 0.350 e. The average Bonchev–Trinajstić information content (AvgIpc) is 2.84. The molecule has 0 unspecified atom stereocenters. The van der Waals surface area contributed by atoms with Crippen LogP contribution in [-0.2, 0) is 32.6 Å². The molecule has 3 aromatic carbocycles. The molecule has 7 nitrogen and oxygen atoms in total. The molecule has 2 amide bonds. The van der Waals surface area contributed by atoms with Crippen molar-refractivity contribution in [3.05, 3.63) is 98.4 Å². The number of hydrogen-bond acceptors (Lipinski definition) is 4. The first-order valence-electron chi connectivity index (χ1n) is 12.5. The first-order valence-corrected chi connectivity index (χ1v) is 15.9. The molecule has 3 aromatic rings. The Morgan fingerprint density at radius 1 is 0.925 bits per heavy atom. The van der Waals surface area contributed by atoms with Gasteiger partial charge in [0.1, 0.15) is 12.6 Å². The highest BCUT2D eigenvalue weighted by Crippen LogP contribution is 2.28. The molecule has 1 atom stereocenters. The Hall–Kier alpha value is -2.59. The van der Waals surface area contributed by atoms with Gasteiger partial charge in [-0.2, -0.15) is 0 Å². The Morgan fingerprint density at radius 3 is 2.02 bits per heavy atom. The zero-order chi connectivity index (χ0) is 29.7. The molecule has 0 spiro atoms. The number of sulfonamides is 1. The quantitative estimate of drug-likeness (QED) is 0.284.